The molecule has 0 atom stereocenters. The quantitative estimate of drug-likeness (QED) is 0.882. The molecule has 104 valence electrons. The molecule has 0 saturated heterocycles. The van der Waals surface area contributed by atoms with Gasteiger partial charge in [-0.3, -0.25) is 4.79 Å². The van der Waals surface area contributed by atoms with Gasteiger partial charge >= 0.3 is 0 Å². The minimum Gasteiger partial charge on any atom is -0.507 e. The summed E-state index contributed by atoms with van der Waals surface area (Å²) in [6.07, 6.45) is 0. The molecule has 5 heteroatoms. The first kappa shape index (κ1) is 14.0. The van der Waals surface area contributed by atoms with Crippen molar-refractivity contribution in [2.75, 3.05) is 5.32 Å². The van der Waals surface area contributed by atoms with E-state index in [0.29, 0.717) is 17.8 Å². The third-order valence-corrected chi connectivity index (χ3v) is 3.03. The van der Waals surface area contributed by atoms with Crippen LogP contribution in [-0.4, -0.2) is 11.0 Å². The van der Waals surface area contributed by atoms with Crippen LogP contribution in [0.1, 0.15) is 21.5 Å². The number of phenolic OH excluding ortho intramolecular Hbond substituents is 1. The molecule has 0 fully saturated rings. The highest BCUT2D eigenvalue weighted by Crippen LogP contribution is 2.23. The fourth-order valence-electron chi connectivity index (χ4n) is 1.80. The average Bonchev–Trinajstić information content (AvgIpc) is 2.32. The highest BCUT2D eigenvalue weighted by atomic mass is 19.1. The van der Waals surface area contributed by atoms with E-state index in [0.717, 1.165) is 11.1 Å². The molecule has 0 heterocycles. The SMILES string of the molecule is Cc1ccc(NC(=O)c2c(O)cc(F)cc2F)cc1C. The fourth-order valence-corrected chi connectivity index (χ4v) is 1.80. The van der Waals surface area contributed by atoms with Crippen LogP contribution in [0.3, 0.4) is 0 Å². The van der Waals surface area contributed by atoms with Crippen molar-refractivity contribution in [2.45, 2.75) is 13.8 Å². The first-order chi connectivity index (χ1) is 9.38. The molecule has 0 aromatic heterocycles. The molecule has 0 aliphatic rings. The zero-order valence-electron chi connectivity index (χ0n) is 11.0. The number of benzene rings is 2. The van der Waals surface area contributed by atoms with E-state index in [1.54, 1.807) is 12.1 Å². The normalized spacial score (nSPS) is 10.4. The second kappa shape index (κ2) is 5.28. The van der Waals surface area contributed by atoms with Gasteiger partial charge in [0.2, 0.25) is 0 Å². The summed E-state index contributed by atoms with van der Waals surface area (Å²) in [5, 5.41) is 11.9. The summed E-state index contributed by atoms with van der Waals surface area (Å²) in [5.74, 6) is -3.61. The Morgan fingerprint density at radius 1 is 1.10 bits per heavy atom. The minimum atomic E-state index is -1.11. The van der Waals surface area contributed by atoms with Crippen molar-refractivity contribution in [1.82, 2.24) is 0 Å². The maximum absolute atomic E-state index is 13.5. The van der Waals surface area contributed by atoms with Crippen LogP contribution in [0, 0.1) is 25.5 Å². The molecule has 0 saturated carbocycles. The highest BCUT2D eigenvalue weighted by molar-refractivity contribution is 6.06. The van der Waals surface area contributed by atoms with Gasteiger partial charge in [0.25, 0.3) is 5.91 Å². The largest absolute Gasteiger partial charge is 0.507 e. The van der Waals surface area contributed by atoms with Crippen molar-refractivity contribution in [3.8, 4) is 5.75 Å². The van der Waals surface area contributed by atoms with E-state index in [9.17, 15) is 18.7 Å². The van der Waals surface area contributed by atoms with E-state index in [-0.39, 0.29) is 0 Å². The number of hydrogen-bond acceptors (Lipinski definition) is 2. The summed E-state index contributed by atoms with van der Waals surface area (Å²) in [6, 6.07) is 6.45. The number of amides is 1. The summed E-state index contributed by atoms with van der Waals surface area (Å²) in [4.78, 5) is 11.9. The van der Waals surface area contributed by atoms with Crippen LogP contribution in [0.5, 0.6) is 5.75 Å². The highest BCUT2D eigenvalue weighted by Gasteiger charge is 2.18. The van der Waals surface area contributed by atoms with Gasteiger partial charge in [-0.25, -0.2) is 8.78 Å². The summed E-state index contributed by atoms with van der Waals surface area (Å²) in [6.45, 7) is 3.80. The van der Waals surface area contributed by atoms with Gasteiger partial charge in [0, 0.05) is 17.8 Å². The van der Waals surface area contributed by atoms with Gasteiger partial charge in [0.05, 0.1) is 0 Å². The lowest BCUT2D eigenvalue weighted by Gasteiger charge is -2.09. The van der Waals surface area contributed by atoms with E-state index < -0.39 is 28.9 Å². The molecular formula is C15H13F2NO2. The van der Waals surface area contributed by atoms with Crippen LogP contribution >= 0.6 is 0 Å². The molecule has 0 aliphatic carbocycles. The van der Waals surface area contributed by atoms with E-state index in [2.05, 4.69) is 5.32 Å². The maximum atomic E-state index is 13.5. The molecule has 2 aromatic rings. The van der Waals surface area contributed by atoms with Gasteiger partial charge in [-0.2, -0.15) is 0 Å². The molecule has 0 radical (unpaired) electrons. The fraction of sp³-hybridized carbons (Fsp3) is 0.133. The Morgan fingerprint density at radius 3 is 2.40 bits per heavy atom. The summed E-state index contributed by atoms with van der Waals surface area (Å²) >= 11 is 0. The molecule has 0 aliphatic heterocycles. The van der Waals surface area contributed by atoms with Crippen LogP contribution < -0.4 is 5.32 Å². The number of carbonyl (C=O) groups is 1. The van der Waals surface area contributed by atoms with Crippen molar-refractivity contribution in [3.63, 3.8) is 0 Å². The van der Waals surface area contributed by atoms with Crippen molar-refractivity contribution in [1.29, 1.82) is 0 Å². The van der Waals surface area contributed by atoms with Gasteiger partial charge < -0.3 is 10.4 Å². The number of phenols is 1. The lowest BCUT2D eigenvalue weighted by molar-refractivity contribution is 0.102. The molecule has 0 unspecified atom stereocenters. The molecule has 2 rings (SSSR count). The Bertz CT molecular complexity index is 661. The van der Waals surface area contributed by atoms with Gasteiger partial charge in [-0.1, -0.05) is 6.07 Å². The summed E-state index contributed by atoms with van der Waals surface area (Å²) in [7, 11) is 0. The zero-order valence-corrected chi connectivity index (χ0v) is 11.0. The maximum Gasteiger partial charge on any atom is 0.262 e. The predicted octanol–water partition coefficient (Wildman–Crippen LogP) is 3.54. The zero-order chi connectivity index (χ0) is 14.9. The molecule has 1 amide bonds. The number of hydrogen-bond donors (Lipinski definition) is 2. The smallest absolute Gasteiger partial charge is 0.262 e. The molecule has 3 nitrogen and oxygen atoms in total. The van der Waals surface area contributed by atoms with E-state index in [4.69, 9.17) is 0 Å². The Morgan fingerprint density at radius 2 is 1.80 bits per heavy atom. The first-order valence-corrected chi connectivity index (χ1v) is 5.95. The van der Waals surface area contributed by atoms with Crippen molar-refractivity contribution >= 4 is 11.6 Å². The number of halogens is 2. The van der Waals surface area contributed by atoms with Crippen LogP contribution in [0.4, 0.5) is 14.5 Å². The van der Waals surface area contributed by atoms with E-state index in [1.807, 2.05) is 19.9 Å². The van der Waals surface area contributed by atoms with Gasteiger partial charge in [-0.15, -0.1) is 0 Å². The topological polar surface area (TPSA) is 49.3 Å². The van der Waals surface area contributed by atoms with Gasteiger partial charge in [0.1, 0.15) is 22.9 Å². The second-order valence-electron chi connectivity index (χ2n) is 4.53. The third-order valence-electron chi connectivity index (χ3n) is 3.03. The monoisotopic (exact) mass is 277 g/mol. The number of nitrogens with one attached hydrogen (secondary N) is 1. The number of rotatable bonds is 2. The lowest BCUT2D eigenvalue weighted by Crippen LogP contribution is -2.14. The second-order valence-corrected chi connectivity index (χ2v) is 4.53. The van der Waals surface area contributed by atoms with Crippen molar-refractivity contribution in [2.24, 2.45) is 0 Å². The molecule has 20 heavy (non-hydrogen) atoms. The Kier molecular flexibility index (Phi) is 3.70. The Balaban J connectivity index is 2.31. The van der Waals surface area contributed by atoms with E-state index in [1.165, 1.54) is 0 Å². The molecule has 2 N–H and O–H groups in total. The number of aryl methyl sites for hydroxylation is 2. The van der Waals surface area contributed by atoms with Gasteiger partial charge in [-0.05, 0) is 37.1 Å². The van der Waals surface area contributed by atoms with Crippen LogP contribution in [0.25, 0.3) is 0 Å². The number of carbonyl (C=O) groups excluding carboxylic acids is 1. The van der Waals surface area contributed by atoms with Crippen LogP contribution in [-0.2, 0) is 0 Å². The summed E-state index contributed by atoms with van der Waals surface area (Å²) in [5.41, 5.74) is 1.91. The predicted molar refractivity (Wildman–Crippen MR) is 71.9 cm³/mol. The number of aromatic hydroxyl groups is 1. The minimum absolute atomic E-state index is 0.473. The molecular weight excluding hydrogens is 264 g/mol. The molecule has 2 aromatic carbocycles. The third kappa shape index (κ3) is 2.77. The lowest BCUT2D eigenvalue weighted by atomic mass is 10.1. The van der Waals surface area contributed by atoms with E-state index >= 15 is 0 Å². The molecule has 0 bridgehead atoms. The molecule has 0 spiro atoms. The van der Waals surface area contributed by atoms with Crippen molar-refractivity contribution in [3.05, 3.63) is 58.7 Å². The Labute approximate surface area is 114 Å². The first-order valence-electron chi connectivity index (χ1n) is 5.95. The van der Waals surface area contributed by atoms with Crippen molar-refractivity contribution < 1.29 is 18.7 Å². The standard InChI is InChI=1S/C15H13F2NO2/c1-8-3-4-11(5-9(8)2)18-15(20)14-12(17)6-10(16)7-13(14)19/h3-7,19H,1-2H3,(H,18,20). The van der Waals surface area contributed by atoms with Crippen LogP contribution in [0.15, 0.2) is 30.3 Å². The van der Waals surface area contributed by atoms with Crippen LogP contribution in [0.2, 0.25) is 0 Å². The van der Waals surface area contributed by atoms with Gasteiger partial charge in [0.15, 0.2) is 0 Å². The summed E-state index contributed by atoms with van der Waals surface area (Å²) < 4.78 is 26.4. The number of anilines is 1. The average molecular weight is 277 g/mol. The Hall–Kier alpha value is -2.43.